The summed E-state index contributed by atoms with van der Waals surface area (Å²) < 4.78 is 31.9. The zero-order chi connectivity index (χ0) is 27.1. The van der Waals surface area contributed by atoms with Crippen molar-refractivity contribution in [3.63, 3.8) is 0 Å². The minimum atomic E-state index is -4.17. The summed E-state index contributed by atoms with van der Waals surface area (Å²) in [4.78, 5) is 34.8. The topological polar surface area (TPSA) is 93.2 Å². The molecule has 0 bridgehead atoms. The number of hydrogen-bond donors (Lipinski definition) is 0. The number of para-hydroxylation sites is 2. The number of rotatable bonds is 6. The van der Waals surface area contributed by atoms with Crippen LogP contribution in [0.2, 0.25) is 0 Å². The van der Waals surface area contributed by atoms with Crippen LogP contribution in [0.4, 0.5) is 11.4 Å². The number of fused-ring (bicyclic) bond motifs is 1. The molecule has 2 aliphatic heterocycles. The molecule has 196 valence electrons. The number of nitrogens with zero attached hydrogens (tertiary/aromatic N) is 2. The third-order valence-electron chi connectivity index (χ3n) is 6.89. The molecule has 0 aromatic heterocycles. The van der Waals surface area contributed by atoms with Gasteiger partial charge in [0.2, 0.25) is 5.91 Å². The first-order valence-electron chi connectivity index (χ1n) is 12.4. The van der Waals surface area contributed by atoms with E-state index >= 15 is 0 Å². The first-order valence-corrected chi connectivity index (χ1v) is 13.8. The van der Waals surface area contributed by atoms with Crippen molar-refractivity contribution in [3.05, 3.63) is 120 Å². The van der Waals surface area contributed by atoms with Gasteiger partial charge in [0.05, 0.1) is 17.4 Å². The molecule has 4 aromatic carbocycles. The minimum absolute atomic E-state index is 0.00191. The van der Waals surface area contributed by atoms with Crippen molar-refractivity contribution in [2.45, 2.75) is 24.0 Å². The highest BCUT2D eigenvalue weighted by Gasteiger charge is 2.60. The molecule has 2 fully saturated rings. The van der Waals surface area contributed by atoms with Crippen LogP contribution in [-0.2, 0) is 24.5 Å². The molecule has 9 heteroatoms. The Hall–Kier alpha value is -4.47. The van der Waals surface area contributed by atoms with Gasteiger partial charge in [0.25, 0.3) is 5.91 Å². The lowest BCUT2D eigenvalue weighted by molar-refractivity contribution is -0.126. The summed E-state index contributed by atoms with van der Waals surface area (Å²) >= 11 is 0. The maximum atomic E-state index is 13.9. The Balaban J connectivity index is 1.44. The molecule has 0 radical (unpaired) electrons. The third-order valence-corrected chi connectivity index (χ3v) is 8.14. The van der Waals surface area contributed by atoms with Gasteiger partial charge >= 0.3 is 10.1 Å². The van der Waals surface area contributed by atoms with Gasteiger partial charge in [0, 0.05) is 5.56 Å². The van der Waals surface area contributed by atoms with Gasteiger partial charge in [0.1, 0.15) is 16.6 Å². The first-order chi connectivity index (χ1) is 18.8. The molecule has 3 atom stereocenters. The number of carbonyl (C=O) groups excluding carboxylic acids is 2. The largest absolute Gasteiger partial charge is 0.379 e. The lowest BCUT2D eigenvalue weighted by atomic mass is 9.90. The van der Waals surface area contributed by atoms with Crippen LogP contribution in [0, 0.1) is 12.8 Å². The molecule has 2 aliphatic rings. The molecule has 2 amide bonds. The number of anilines is 2. The van der Waals surface area contributed by atoms with Crippen molar-refractivity contribution in [2.75, 3.05) is 9.96 Å². The first kappa shape index (κ1) is 24.8. The molecule has 8 nitrogen and oxygen atoms in total. The molecule has 0 N–H and O–H groups in total. The van der Waals surface area contributed by atoms with Gasteiger partial charge in [0.15, 0.2) is 6.10 Å². The van der Waals surface area contributed by atoms with Crippen LogP contribution in [0.15, 0.2) is 114 Å². The number of carbonyl (C=O) groups is 2. The summed E-state index contributed by atoms with van der Waals surface area (Å²) in [6.45, 7) is 1.92. The monoisotopic (exact) mass is 540 g/mol. The summed E-state index contributed by atoms with van der Waals surface area (Å²) in [5.74, 6) is -1.81. The molecule has 4 aromatic rings. The van der Waals surface area contributed by atoms with E-state index in [0.29, 0.717) is 16.9 Å². The van der Waals surface area contributed by atoms with Gasteiger partial charge in [-0.05, 0) is 49.4 Å². The number of hydroxylamine groups is 1. The van der Waals surface area contributed by atoms with Crippen molar-refractivity contribution in [2.24, 2.45) is 5.92 Å². The predicted octanol–water partition coefficient (Wildman–Crippen LogP) is 4.81. The molecule has 6 rings (SSSR count). The summed E-state index contributed by atoms with van der Waals surface area (Å²) in [7, 11) is -4.17. The number of imide groups is 1. The number of aryl methyl sites for hydroxylation is 1. The molecule has 0 unspecified atom stereocenters. The summed E-state index contributed by atoms with van der Waals surface area (Å²) in [5.41, 5.74) is 2.46. The summed E-state index contributed by atoms with van der Waals surface area (Å²) in [6, 6.07) is 29.7. The highest BCUT2D eigenvalue weighted by atomic mass is 32.2. The fourth-order valence-electron chi connectivity index (χ4n) is 5.03. The van der Waals surface area contributed by atoms with Crippen LogP contribution >= 0.6 is 0 Å². The van der Waals surface area contributed by atoms with E-state index in [4.69, 9.17) is 9.02 Å². The smallest absolute Gasteiger partial charge is 0.339 e. The van der Waals surface area contributed by atoms with Crippen molar-refractivity contribution >= 4 is 33.3 Å². The van der Waals surface area contributed by atoms with Crippen LogP contribution in [0.3, 0.4) is 0 Å². The molecular formula is C30H24N2O6S. The zero-order valence-electron chi connectivity index (χ0n) is 20.9. The second-order valence-electron chi connectivity index (χ2n) is 9.39. The average molecular weight is 541 g/mol. The maximum Gasteiger partial charge on any atom is 0.339 e. The molecule has 0 saturated carbocycles. The van der Waals surface area contributed by atoms with Gasteiger partial charge < -0.3 is 4.18 Å². The number of hydrogen-bond acceptors (Lipinski definition) is 7. The Labute approximate surface area is 226 Å². The van der Waals surface area contributed by atoms with E-state index in [1.807, 2.05) is 37.3 Å². The lowest BCUT2D eigenvalue weighted by Crippen LogP contribution is -2.37. The Kier molecular flexibility index (Phi) is 6.17. The van der Waals surface area contributed by atoms with Crippen molar-refractivity contribution in [1.82, 2.24) is 0 Å². The quantitative estimate of drug-likeness (QED) is 0.256. The highest BCUT2D eigenvalue weighted by molar-refractivity contribution is 7.87. The van der Waals surface area contributed by atoms with Crippen molar-refractivity contribution in [1.29, 1.82) is 0 Å². The predicted molar refractivity (Wildman–Crippen MR) is 144 cm³/mol. The summed E-state index contributed by atoms with van der Waals surface area (Å²) in [6.07, 6.45) is -1.09. The highest BCUT2D eigenvalue weighted by Crippen LogP contribution is 2.49. The molecule has 2 heterocycles. The fraction of sp³-hybridized carbons (Fsp3) is 0.133. The van der Waals surface area contributed by atoms with Crippen LogP contribution in [0.1, 0.15) is 17.2 Å². The Morgan fingerprint density at radius 1 is 0.718 bits per heavy atom. The van der Waals surface area contributed by atoms with Crippen LogP contribution in [-0.4, -0.2) is 26.3 Å². The van der Waals surface area contributed by atoms with Crippen molar-refractivity contribution < 1.29 is 27.0 Å². The zero-order valence-corrected chi connectivity index (χ0v) is 21.7. The maximum absolute atomic E-state index is 13.9. The Morgan fingerprint density at radius 2 is 1.33 bits per heavy atom. The van der Waals surface area contributed by atoms with Gasteiger partial charge in [-0.3, -0.25) is 14.4 Å². The van der Waals surface area contributed by atoms with E-state index in [1.165, 1.54) is 23.3 Å². The summed E-state index contributed by atoms with van der Waals surface area (Å²) in [5, 5.41) is 1.51. The number of amides is 2. The minimum Gasteiger partial charge on any atom is -0.379 e. The van der Waals surface area contributed by atoms with Crippen molar-refractivity contribution in [3.8, 4) is 5.75 Å². The SMILES string of the molecule is Cc1ccc(N2C(=O)[C@H]3[C@H](ON(c4ccccc4)[C@H]3c3ccccc3OS(=O)(=O)c3ccccc3)C2=O)cc1. The van der Waals surface area contributed by atoms with E-state index in [-0.39, 0.29) is 10.6 Å². The van der Waals surface area contributed by atoms with E-state index in [0.717, 1.165) is 10.5 Å². The molecule has 39 heavy (non-hydrogen) atoms. The van der Waals surface area contributed by atoms with Crippen LogP contribution < -0.4 is 14.1 Å². The molecule has 2 saturated heterocycles. The lowest BCUT2D eigenvalue weighted by Gasteiger charge is -2.29. The van der Waals surface area contributed by atoms with Gasteiger partial charge in [-0.25, -0.2) is 9.96 Å². The van der Waals surface area contributed by atoms with Crippen LogP contribution in [0.25, 0.3) is 0 Å². The van der Waals surface area contributed by atoms with Gasteiger partial charge in [-0.15, -0.1) is 0 Å². The Bertz CT molecular complexity index is 1640. The molecule has 0 aliphatic carbocycles. The second kappa shape index (κ2) is 9.68. The normalized spacial score (nSPS) is 20.8. The van der Waals surface area contributed by atoms with Crippen LogP contribution in [0.5, 0.6) is 5.75 Å². The number of benzene rings is 4. The van der Waals surface area contributed by atoms with E-state index in [2.05, 4.69) is 0 Å². The van der Waals surface area contributed by atoms with Gasteiger partial charge in [-0.2, -0.15) is 8.42 Å². The Morgan fingerprint density at radius 3 is 2.03 bits per heavy atom. The second-order valence-corrected chi connectivity index (χ2v) is 10.9. The fourth-order valence-corrected chi connectivity index (χ4v) is 6.01. The molecule has 0 spiro atoms. The molecular weight excluding hydrogens is 516 g/mol. The van der Waals surface area contributed by atoms with E-state index < -0.39 is 40.0 Å². The third kappa shape index (κ3) is 4.35. The average Bonchev–Trinajstić information content (AvgIpc) is 3.46. The van der Waals surface area contributed by atoms with Gasteiger partial charge in [-0.1, -0.05) is 72.3 Å². The standard InChI is InChI=1S/C30H24N2O6S/c1-20-16-18-21(19-17-20)31-29(33)26-27(32(37-28(26)30(31)34)22-10-4-2-5-11-22)24-14-8-9-15-25(24)38-39(35,36)23-12-6-3-7-13-23/h2-19,26-28H,1H3/t26-,27+,28+/m1/s1. The van der Waals surface area contributed by atoms with E-state index in [1.54, 1.807) is 60.7 Å². The van der Waals surface area contributed by atoms with E-state index in [9.17, 15) is 18.0 Å².